The first-order chi connectivity index (χ1) is 9.15. The van der Waals surface area contributed by atoms with Crippen molar-refractivity contribution in [3.8, 4) is 0 Å². The van der Waals surface area contributed by atoms with E-state index in [1.54, 1.807) is 0 Å². The van der Waals surface area contributed by atoms with Gasteiger partial charge in [0.2, 0.25) is 5.91 Å². The molecule has 2 aliphatic carbocycles. The van der Waals surface area contributed by atoms with Gasteiger partial charge in [-0.3, -0.25) is 9.59 Å². The van der Waals surface area contributed by atoms with Gasteiger partial charge in [-0.05, 0) is 50.4 Å². The molecule has 2 aliphatic rings. The van der Waals surface area contributed by atoms with E-state index in [1.807, 2.05) is 0 Å². The second kappa shape index (κ2) is 6.92. The Bertz CT molecular complexity index is 315. The Hall–Kier alpha value is -1.06. The number of hydrogen-bond acceptors (Lipinski definition) is 2. The minimum Gasteiger partial charge on any atom is -0.481 e. The van der Waals surface area contributed by atoms with Gasteiger partial charge in [0.15, 0.2) is 0 Å². The summed E-state index contributed by atoms with van der Waals surface area (Å²) in [5.74, 6) is 0.437. The van der Waals surface area contributed by atoms with Gasteiger partial charge in [-0.25, -0.2) is 0 Å². The molecule has 108 valence electrons. The third kappa shape index (κ3) is 4.51. The van der Waals surface area contributed by atoms with E-state index in [1.165, 1.54) is 25.7 Å². The van der Waals surface area contributed by atoms with Gasteiger partial charge in [0.1, 0.15) is 0 Å². The number of rotatable bonds is 5. The van der Waals surface area contributed by atoms with Gasteiger partial charge in [0, 0.05) is 13.0 Å². The maximum absolute atomic E-state index is 11.8. The smallest absolute Gasteiger partial charge is 0.306 e. The van der Waals surface area contributed by atoms with Gasteiger partial charge < -0.3 is 10.4 Å². The van der Waals surface area contributed by atoms with Crippen LogP contribution in [-0.4, -0.2) is 23.5 Å². The van der Waals surface area contributed by atoms with Crippen LogP contribution < -0.4 is 5.32 Å². The number of carbonyl (C=O) groups is 2. The first kappa shape index (κ1) is 14.4. The Morgan fingerprint density at radius 1 is 0.947 bits per heavy atom. The van der Waals surface area contributed by atoms with E-state index in [9.17, 15) is 9.59 Å². The molecule has 1 amide bonds. The van der Waals surface area contributed by atoms with Crippen molar-refractivity contribution in [1.82, 2.24) is 5.32 Å². The molecule has 0 saturated heterocycles. The molecule has 0 spiro atoms. The molecule has 2 fully saturated rings. The van der Waals surface area contributed by atoms with Gasteiger partial charge in [-0.1, -0.05) is 12.8 Å². The van der Waals surface area contributed by atoms with Crippen LogP contribution in [0.3, 0.4) is 0 Å². The topological polar surface area (TPSA) is 66.4 Å². The van der Waals surface area contributed by atoms with E-state index in [-0.39, 0.29) is 11.8 Å². The Kier molecular flexibility index (Phi) is 5.23. The van der Waals surface area contributed by atoms with Crippen LogP contribution in [0.4, 0.5) is 0 Å². The lowest BCUT2D eigenvalue weighted by molar-refractivity contribution is -0.143. The summed E-state index contributed by atoms with van der Waals surface area (Å²) in [6.45, 7) is 0.734. The molecule has 0 atom stereocenters. The molecule has 0 aromatic heterocycles. The highest BCUT2D eigenvalue weighted by Crippen LogP contribution is 2.29. The van der Waals surface area contributed by atoms with Crippen LogP contribution in [0.15, 0.2) is 0 Å². The van der Waals surface area contributed by atoms with Crippen molar-refractivity contribution in [2.24, 2.45) is 17.8 Å². The summed E-state index contributed by atoms with van der Waals surface area (Å²) in [6, 6.07) is 0. The lowest BCUT2D eigenvalue weighted by Crippen LogP contribution is -2.33. The van der Waals surface area contributed by atoms with Crippen LogP contribution in [-0.2, 0) is 9.59 Å². The summed E-state index contributed by atoms with van der Waals surface area (Å²) < 4.78 is 0. The van der Waals surface area contributed by atoms with Gasteiger partial charge >= 0.3 is 5.97 Å². The molecule has 0 aliphatic heterocycles. The lowest BCUT2D eigenvalue weighted by Gasteiger charge is -2.26. The monoisotopic (exact) mass is 267 g/mol. The fraction of sp³-hybridized carbons (Fsp3) is 0.867. The van der Waals surface area contributed by atoms with E-state index < -0.39 is 5.97 Å². The fourth-order valence-electron chi connectivity index (χ4n) is 3.42. The molecule has 2 saturated carbocycles. The Balaban J connectivity index is 1.60. The molecule has 0 unspecified atom stereocenters. The van der Waals surface area contributed by atoms with Gasteiger partial charge in [0.05, 0.1) is 5.92 Å². The number of carboxylic acid groups (broad SMARTS) is 1. The molecule has 19 heavy (non-hydrogen) atoms. The predicted molar refractivity (Wildman–Crippen MR) is 72.7 cm³/mol. The van der Waals surface area contributed by atoms with E-state index in [2.05, 4.69) is 5.32 Å². The highest BCUT2D eigenvalue weighted by Gasteiger charge is 2.26. The van der Waals surface area contributed by atoms with E-state index >= 15 is 0 Å². The van der Waals surface area contributed by atoms with E-state index in [4.69, 9.17) is 5.11 Å². The van der Waals surface area contributed by atoms with Crippen molar-refractivity contribution in [3.63, 3.8) is 0 Å². The zero-order valence-electron chi connectivity index (χ0n) is 11.6. The van der Waals surface area contributed by atoms with Crippen LogP contribution in [0, 0.1) is 17.8 Å². The van der Waals surface area contributed by atoms with Crippen molar-refractivity contribution in [3.05, 3.63) is 0 Å². The van der Waals surface area contributed by atoms with Crippen molar-refractivity contribution in [2.75, 3.05) is 6.54 Å². The van der Waals surface area contributed by atoms with Gasteiger partial charge in [-0.15, -0.1) is 0 Å². The third-order valence-electron chi connectivity index (χ3n) is 4.73. The molecule has 0 aromatic carbocycles. The third-order valence-corrected chi connectivity index (χ3v) is 4.73. The first-order valence-corrected chi connectivity index (χ1v) is 7.64. The zero-order valence-corrected chi connectivity index (χ0v) is 11.6. The highest BCUT2D eigenvalue weighted by atomic mass is 16.4. The molecular formula is C15H25NO3. The number of amides is 1. The fourth-order valence-corrected chi connectivity index (χ4v) is 3.42. The Morgan fingerprint density at radius 3 is 2.16 bits per heavy atom. The van der Waals surface area contributed by atoms with Gasteiger partial charge in [0.25, 0.3) is 0 Å². The summed E-state index contributed by atoms with van der Waals surface area (Å²) in [7, 11) is 0. The number of nitrogens with one attached hydrogen (secondary N) is 1. The normalized spacial score (nSPS) is 28.2. The maximum atomic E-state index is 11.8. The molecule has 0 heterocycles. The number of carbonyl (C=O) groups excluding carboxylic acids is 1. The van der Waals surface area contributed by atoms with Crippen LogP contribution in [0.1, 0.15) is 57.8 Å². The van der Waals surface area contributed by atoms with Crippen molar-refractivity contribution in [2.45, 2.75) is 57.8 Å². The maximum Gasteiger partial charge on any atom is 0.306 e. The Labute approximate surface area is 115 Å². The van der Waals surface area contributed by atoms with Crippen LogP contribution >= 0.6 is 0 Å². The average Bonchev–Trinajstić information content (AvgIpc) is 2.89. The lowest BCUT2D eigenvalue weighted by atomic mass is 9.82. The molecule has 4 heteroatoms. The summed E-state index contributed by atoms with van der Waals surface area (Å²) in [5, 5.41) is 12.0. The number of aliphatic carboxylic acids is 1. The number of hydrogen-bond donors (Lipinski definition) is 2. The SMILES string of the molecule is O=C(CC1CCCC1)NCC1CCC(C(=O)O)CC1. The summed E-state index contributed by atoms with van der Waals surface area (Å²) in [4.78, 5) is 22.7. The van der Waals surface area contributed by atoms with Crippen LogP contribution in [0.2, 0.25) is 0 Å². The van der Waals surface area contributed by atoms with Crippen LogP contribution in [0.5, 0.6) is 0 Å². The standard InChI is InChI=1S/C15H25NO3/c17-14(9-11-3-1-2-4-11)16-10-12-5-7-13(8-6-12)15(18)19/h11-13H,1-10H2,(H,16,17)(H,18,19). The summed E-state index contributed by atoms with van der Waals surface area (Å²) in [6.07, 6.45) is 9.03. The van der Waals surface area contributed by atoms with E-state index in [0.29, 0.717) is 18.3 Å². The minimum atomic E-state index is -0.663. The largest absolute Gasteiger partial charge is 0.481 e. The highest BCUT2D eigenvalue weighted by molar-refractivity contribution is 5.76. The molecule has 0 aromatic rings. The van der Waals surface area contributed by atoms with Crippen molar-refractivity contribution < 1.29 is 14.7 Å². The Morgan fingerprint density at radius 2 is 1.58 bits per heavy atom. The molecule has 0 radical (unpaired) electrons. The summed E-state index contributed by atoms with van der Waals surface area (Å²) >= 11 is 0. The predicted octanol–water partition coefficient (Wildman–Crippen LogP) is 2.57. The average molecular weight is 267 g/mol. The van der Waals surface area contributed by atoms with Crippen LogP contribution in [0.25, 0.3) is 0 Å². The summed E-state index contributed by atoms with van der Waals surface area (Å²) in [5.41, 5.74) is 0. The van der Waals surface area contributed by atoms with Crippen molar-refractivity contribution in [1.29, 1.82) is 0 Å². The second-order valence-electron chi connectivity index (χ2n) is 6.21. The molecule has 4 nitrogen and oxygen atoms in total. The first-order valence-electron chi connectivity index (χ1n) is 7.64. The minimum absolute atomic E-state index is 0.162. The molecular weight excluding hydrogens is 242 g/mol. The number of carboxylic acids is 1. The van der Waals surface area contributed by atoms with Crippen molar-refractivity contribution >= 4 is 11.9 Å². The van der Waals surface area contributed by atoms with Gasteiger partial charge in [-0.2, -0.15) is 0 Å². The molecule has 0 bridgehead atoms. The molecule has 2 rings (SSSR count). The second-order valence-corrected chi connectivity index (χ2v) is 6.21. The molecule has 2 N–H and O–H groups in total. The zero-order chi connectivity index (χ0) is 13.7. The van der Waals surface area contributed by atoms with E-state index in [0.717, 1.165) is 32.2 Å². The quantitative estimate of drug-likeness (QED) is 0.804.